The van der Waals surface area contributed by atoms with Gasteiger partial charge in [-0.3, -0.25) is 14.4 Å². The third kappa shape index (κ3) is 53.5. The van der Waals surface area contributed by atoms with Crippen LogP contribution in [0.4, 0.5) is 0 Å². The van der Waals surface area contributed by atoms with E-state index in [0.29, 0.717) is 19.3 Å². The third-order valence-corrected chi connectivity index (χ3v) is 12.3. The van der Waals surface area contributed by atoms with Gasteiger partial charge in [-0.05, 0) is 64.2 Å². The van der Waals surface area contributed by atoms with Gasteiger partial charge >= 0.3 is 17.9 Å². The largest absolute Gasteiger partial charge is 0.462 e. The van der Waals surface area contributed by atoms with Crippen molar-refractivity contribution in [2.75, 3.05) is 13.2 Å². The maximum Gasteiger partial charge on any atom is 0.306 e. The second kappa shape index (κ2) is 56.2. The van der Waals surface area contributed by atoms with Crippen LogP contribution in [-0.4, -0.2) is 37.2 Å². The number of carbonyl (C=O) groups is 3. The van der Waals surface area contributed by atoms with Crippen molar-refractivity contribution in [1.82, 2.24) is 0 Å². The van der Waals surface area contributed by atoms with Gasteiger partial charge in [0.2, 0.25) is 0 Å². The first kappa shape index (κ1) is 64.6. The van der Waals surface area contributed by atoms with E-state index in [2.05, 4.69) is 45.1 Å². The number of unbranched alkanes of at least 4 members (excludes halogenated alkanes) is 31. The van der Waals surface area contributed by atoms with E-state index in [-0.39, 0.29) is 31.1 Å². The fourth-order valence-corrected chi connectivity index (χ4v) is 8.00. The molecule has 1 atom stereocenters. The first-order valence-corrected chi connectivity index (χ1v) is 28.7. The highest BCUT2D eigenvalue weighted by atomic mass is 16.6. The first-order valence-electron chi connectivity index (χ1n) is 28.7. The zero-order chi connectivity index (χ0) is 49.3. The predicted molar refractivity (Wildman–Crippen MR) is 293 cm³/mol. The van der Waals surface area contributed by atoms with Gasteiger partial charge in [0, 0.05) is 19.3 Å². The molecule has 0 amide bonds. The topological polar surface area (TPSA) is 78.9 Å². The molecular formula is C62H106O6. The minimum absolute atomic E-state index is 0.0936. The van der Waals surface area contributed by atoms with Crippen LogP contribution in [0.25, 0.3) is 0 Å². The maximum atomic E-state index is 12.9. The molecule has 0 heterocycles. The molecule has 0 N–H and O–H groups in total. The summed E-state index contributed by atoms with van der Waals surface area (Å²) >= 11 is 0. The minimum Gasteiger partial charge on any atom is -0.462 e. The Morgan fingerprint density at radius 3 is 0.956 bits per heavy atom. The van der Waals surface area contributed by atoms with Gasteiger partial charge in [0.15, 0.2) is 6.10 Å². The second-order valence-electron chi connectivity index (χ2n) is 19.0. The van der Waals surface area contributed by atoms with Crippen molar-refractivity contribution >= 4 is 17.9 Å². The van der Waals surface area contributed by atoms with Gasteiger partial charge in [0.1, 0.15) is 13.2 Å². The normalized spacial score (nSPS) is 12.7. The summed E-state index contributed by atoms with van der Waals surface area (Å²) in [6.07, 6.45) is 72.8. The number of esters is 3. The zero-order valence-corrected chi connectivity index (χ0v) is 44.6. The van der Waals surface area contributed by atoms with Gasteiger partial charge in [0.25, 0.3) is 0 Å². The van der Waals surface area contributed by atoms with Gasteiger partial charge in [-0.1, -0.05) is 273 Å². The molecule has 0 saturated carbocycles. The van der Waals surface area contributed by atoms with E-state index in [1.54, 1.807) is 0 Å². The lowest BCUT2D eigenvalue weighted by Gasteiger charge is -2.18. The minimum atomic E-state index is -0.797. The van der Waals surface area contributed by atoms with Crippen LogP contribution in [0, 0.1) is 0 Å². The van der Waals surface area contributed by atoms with E-state index in [9.17, 15) is 14.4 Å². The molecule has 0 fully saturated rings. The van der Waals surface area contributed by atoms with E-state index in [1.165, 1.54) is 154 Å². The molecular weight excluding hydrogens is 841 g/mol. The molecule has 0 rings (SSSR count). The monoisotopic (exact) mass is 947 g/mol. The molecule has 6 nitrogen and oxygen atoms in total. The van der Waals surface area contributed by atoms with Gasteiger partial charge in [0.05, 0.1) is 0 Å². The highest BCUT2D eigenvalue weighted by molar-refractivity contribution is 5.71. The van der Waals surface area contributed by atoms with Crippen LogP contribution in [0.5, 0.6) is 0 Å². The fraction of sp³-hybridized carbons (Fsp3) is 0.726. The van der Waals surface area contributed by atoms with Crippen molar-refractivity contribution in [2.45, 2.75) is 277 Å². The highest BCUT2D eigenvalue weighted by Crippen LogP contribution is 2.16. The molecule has 0 aromatic heterocycles. The smallest absolute Gasteiger partial charge is 0.306 e. The number of rotatable bonds is 51. The molecule has 0 saturated heterocycles. The molecule has 0 radical (unpaired) electrons. The molecule has 0 aliphatic heterocycles. The highest BCUT2D eigenvalue weighted by Gasteiger charge is 2.19. The number of ether oxygens (including phenoxy) is 3. The molecule has 0 aliphatic rings. The van der Waals surface area contributed by atoms with Crippen LogP contribution in [0.2, 0.25) is 0 Å². The molecule has 0 bridgehead atoms. The van der Waals surface area contributed by atoms with Crippen LogP contribution in [0.3, 0.4) is 0 Å². The van der Waals surface area contributed by atoms with Crippen LogP contribution >= 0.6 is 0 Å². The summed E-state index contributed by atoms with van der Waals surface area (Å²) in [5, 5.41) is 0. The number of carbonyl (C=O) groups excluding carboxylic acids is 3. The van der Waals surface area contributed by atoms with Crippen molar-refractivity contribution < 1.29 is 28.6 Å². The summed E-state index contributed by atoms with van der Waals surface area (Å²) in [6, 6.07) is 0. The Morgan fingerprint density at radius 1 is 0.309 bits per heavy atom. The van der Waals surface area contributed by atoms with E-state index in [1.807, 2.05) is 60.8 Å². The zero-order valence-electron chi connectivity index (χ0n) is 44.6. The number of hydrogen-bond acceptors (Lipinski definition) is 6. The van der Waals surface area contributed by atoms with Crippen LogP contribution in [0.1, 0.15) is 271 Å². The van der Waals surface area contributed by atoms with Gasteiger partial charge < -0.3 is 14.2 Å². The third-order valence-electron chi connectivity index (χ3n) is 12.3. The quantitative estimate of drug-likeness (QED) is 0.0199. The summed E-state index contributed by atoms with van der Waals surface area (Å²) in [5.74, 6) is -0.937. The van der Waals surface area contributed by atoms with Gasteiger partial charge in [-0.2, -0.15) is 0 Å². The fourth-order valence-electron chi connectivity index (χ4n) is 8.00. The van der Waals surface area contributed by atoms with Crippen LogP contribution in [-0.2, 0) is 28.6 Å². The summed E-state index contributed by atoms with van der Waals surface area (Å²) in [4.78, 5) is 38.2. The van der Waals surface area contributed by atoms with Gasteiger partial charge in [-0.25, -0.2) is 0 Å². The molecule has 6 heteroatoms. The Morgan fingerprint density at radius 2 is 0.588 bits per heavy atom. The average Bonchev–Trinajstić information content (AvgIpc) is 3.34. The Balaban J connectivity index is 4.47. The van der Waals surface area contributed by atoms with Crippen LogP contribution in [0.15, 0.2) is 85.1 Å². The summed E-state index contributed by atoms with van der Waals surface area (Å²) in [6.45, 7) is 6.47. The van der Waals surface area contributed by atoms with Crippen molar-refractivity contribution in [3.05, 3.63) is 85.1 Å². The van der Waals surface area contributed by atoms with Gasteiger partial charge in [-0.15, -0.1) is 0 Å². The SMILES string of the molecule is CC\C=C/C=C\C=C/C=C\C=C\C=C/CCCCCC(=O)OCC(COC(=O)CCCCCCC/C=C\CCCCCCCCC)OC(=O)CCCCCCCCCCCCCCCCCCC. The Labute approximate surface area is 420 Å². The maximum absolute atomic E-state index is 12.9. The summed E-state index contributed by atoms with van der Waals surface area (Å²) in [7, 11) is 0. The molecule has 0 aromatic rings. The number of hydrogen-bond donors (Lipinski definition) is 0. The molecule has 1 unspecified atom stereocenters. The lowest BCUT2D eigenvalue weighted by Crippen LogP contribution is -2.30. The first-order chi connectivity index (χ1) is 33.5. The van der Waals surface area contributed by atoms with Crippen molar-refractivity contribution in [2.24, 2.45) is 0 Å². The molecule has 0 aliphatic carbocycles. The lowest BCUT2D eigenvalue weighted by atomic mass is 10.0. The van der Waals surface area contributed by atoms with E-state index in [4.69, 9.17) is 14.2 Å². The molecule has 0 spiro atoms. The number of allylic oxidation sites excluding steroid dienone is 14. The Kier molecular flexibility index (Phi) is 53.4. The molecule has 390 valence electrons. The molecule has 0 aromatic carbocycles. The summed E-state index contributed by atoms with van der Waals surface area (Å²) in [5.41, 5.74) is 0. The summed E-state index contributed by atoms with van der Waals surface area (Å²) < 4.78 is 16.8. The predicted octanol–water partition coefficient (Wildman–Crippen LogP) is 19.2. The van der Waals surface area contributed by atoms with Crippen LogP contribution < -0.4 is 0 Å². The Bertz CT molecular complexity index is 1320. The average molecular weight is 948 g/mol. The van der Waals surface area contributed by atoms with E-state index < -0.39 is 6.10 Å². The van der Waals surface area contributed by atoms with E-state index >= 15 is 0 Å². The molecule has 68 heavy (non-hydrogen) atoms. The van der Waals surface area contributed by atoms with Crippen molar-refractivity contribution in [1.29, 1.82) is 0 Å². The second-order valence-corrected chi connectivity index (χ2v) is 19.0. The lowest BCUT2D eigenvalue weighted by molar-refractivity contribution is -0.167. The van der Waals surface area contributed by atoms with Crippen molar-refractivity contribution in [3.63, 3.8) is 0 Å². The van der Waals surface area contributed by atoms with E-state index in [0.717, 1.165) is 77.0 Å². The standard InChI is InChI=1S/C62H106O6/c1-4-7-10-13-16-19-22-25-28-31-34-37-40-43-46-49-52-55-61(64)67-58-59(57-66-60(63)54-51-48-45-42-39-36-33-30-27-24-21-18-15-12-9-6-3)68-62(65)56-53-50-47-44-41-38-35-32-29-26-23-20-17-14-11-8-5-2/h7,10,13,16,19,22,25,28,30-31,33-34,37,40,59H,4-6,8-9,11-12,14-15,17-18,20-21,23-24,26-27,29,32,35-36,38-39,41-58H2,1-3H3/b10-7-,16-13-,22-19-,28-25-,33-30-,34-31+,40-37-. The Hall–Kier alpha value is -3.41. The van der Waals surface area contributed by atoms with Crippen molar-refractivity contribution in [3.8, 4) is 0 Å².